The lowest BCUT2D eigenvalue weighted by atomic mass is 9.82. The molecule has 1 amide bonds. The molecule has 0 atom stereocenters. The first kappa shape index (κ1) is 17.5. The van der Waals surface area contributed by atoms with E-state index in [1.165, 1.54) is 11.3 Å². The largest absolute Gasteiger partial charge is 0.477 e. The first-order valence-electron chi connectivity index (χ1n) is 8.54. The number of carboxylic acid groups (broad SMARTS) is 1. The first-order valence-corrected chi connectivity index (χ1v) is 9.73. The monoisotopic (exact) mass is 391 g/mol. The van der Waals surface area contributed by atoms with Gasteiger partial charge in [-0.3, -0.25) is 4.79 Å². The van der Waals surface area contributed by atoms with E-state index in [1.54, 1.807) is 30.3 Å². The number of fused-ring (bicyclic) bond motifs is 2. The average Bonchev–Trinajstić information content (AvgIpc) is 3.08. The van der Waals surface area contributed by atoms with Crippen LogP contribution in [0.5, 0.6) is 0 Å². The number of ether oxygens (including phenoxy) is 1. The van der Waals surface area contributed by atoms with E-state index in [9.17, 15) is 14.7 Å². The summed E-state index contributed by atoms with van der Waals surface area (Å²) in [6.45, 7) is 1.74. The maximum absolute atomic E-state index is 12.7. The van der Waals surface area contributed by atoms with Crippen LogP contribution in [0, 0.1) is 0 Å². The Bertz CT molecular complexity index is 870. The van der Waals surface area contributed by atoms with Gasteiger partial charge in [0, 0.05) is 35.0 Å². The molecule has 4 rings (SSSR count). The molecule has 0 bridgehead atoms. The molecule has 0 aliphatic carbocycles. The van der Waals surface area contributed by atoms with Crippen molar-refractivity contribution in [1.29, 1.82) is 0 Å². The molecule has 1 saturated heterocycles. The standard InChI is InChI=1S/C19H18ClNO4S/c20-13-3-1-2-12(10-13)17(22)21-7-5-19(6-8-21)14-11-16(18(23)24)26-15(14)4-9-25-19/h1-3,10-11H,4-9H2,(H,23,24). The third-order valence-electron chi connectivity index (χ3n) is 5.15. The van der Waals surface area contributed by atoms with Crippen molar-refractivity contribution in [3.8, 4) is 0 Å². The number of carboxylic acids is 1. The molecule has 0 saturated carbocycles. The number of carbonyl (C=O) groups excluding carboxylic acids is 1. The van der Waals surface area contributed by atoms with E-state index in [2.05, 4.69) is 0 Å². The molecule has 3 heterocycles. The Morgan fingerprint density at radius 2 is 2.00 bits per heavy atom. The Morgan fingerprint density at radius 3 is 2.69 bits per heavy atom. The summed E-state index contributed by atoms with van der Waals surface area (Å²) in [5.41, 5.74) is 1.12. The Hall–Kier alpha value is -1.89. The topological polar surface area (TPSA) is 66.8 Å². The minimum atomic E-state index is -0.895. The molecule has 5 nitrogen and oxygen atoms in total. The fourth-order valence-corrected chi connectivity index (χ4v) is 5.07. The Morgan fingerprint density at radius 1 is 1.23 bits per heavy atom. The molecular weight excluding hydrogens is 374 g/mol. The molecule has 1 spiro atoms. The molecule has 1 aromatic heterocycles. The normalized spacial score (nSPS) is 18.6. The Balaban J connectivity index is 1.54. The summed E-state index contributed by atoms with van der Waals surface area (Å²) in [5.74, 6) is -0.928. The summed E-state index contributed by atoms with van der Waals surface area (Å²) in [7, 11) is 0. The van der Waals surface area contributed by atoms with Crippen LogP contribution in [0.15, 0.2) is 30.3 Å². The van der Waals surface area contributed by atoms with Gasteiger partial charge in [0.1, 0.15) is 4.88 Å². The SMILES string of the molecule is O=C(O)c1cc2c(s1)CCOC21CCN(C(=O)c2cccc(Cl)c2)CC1. The number of aromatic carboxylic acids is 1. The lowest BCUT2D eigenvalue weighted by Gasteiger charge is -2.44. The van der Waals surface area contributed by atoms with Crippen LogP contribution in [0.1, 0.15) is 43.3 Å². The maximum atomic E-state index is 12.7. The zero-order chi connectivity index (χ0) is 18.3. The van der Waals surface area contributed by atoms with Gasteiger partial charge < -0.3 is 14.7 Å². The van der Waals surface area contributed by atoms with Crippen LogP contribution in [0.3, 0.4) is 0 Å². The predicted octanol–water partition coefficient (Wildman–Crippen LogP) is 3.80. The number of likely N-dealkylation sites (tertiary alicyclic amines) is 1. The highest BCUT2D eigenvalue weighted by Gasteiger charge is 2.43. The Kier molecular flexibility index (Phi) is 4.50. The minimum Gasteiger partial charge on any atom is -0.477 e. The third kappa shape index (κ3) is 3.02. The van der Waals surface area contributed by atoms with Crippen LogP contribution >= 0.6 is 22.9 Å². The van der Waals surface area contributed by atoms with E-state index >= 15 is 0 Å². The summed E-state index contributed by atoms with van der Waals surface area (Å²) in [4.78, 5) is 27.3. The van der Waals surface area contributed by atoms with Gasteiger partial charge in [-0.25, -0.2) is 4.79 Å². The number of halogens is 1. The van der Waals surface area contributed by atoms with Crippen LogP contribution in [0.25, 0.3) is 0 Å². The number of hydrogen-bond acceptors (Lipinski definition) is 4. The zero-order valence-corrected chi connectivity index (χ0v) is 15.6. The molecule has 0 unspecified atom stereocenters. The van der Waals surface area contributed by atoms with Gasteiger partial charge >= 0.3 is 5.97 Å². The molecule has 7 heteroatoms. The predicted molar refractivity (Wildman–Crippen MR) is 99.2 cm³/mol. The third-order valence-corrected chi connectivity index (χ3v) is 6.57. The second-order valence-corrected chi connectivity index (χ2v) is 8.22. The van der Waals surface area contributed by atoms with Crippen molar-refractivity contribution >= 4 is 34.8 Å². The quantitative estimate of drug-likeness (QED) is 0.845. The van der Waals surface area contributed by atoms with Crippen LogP contribution in [-0.4, -0.2) is 41.6 Å². The molecule has 2 aliphatic rings. The molecule has 26 heavy (non-hydrogen) atoms. The van der Waals surface area contributed by atoms with E-state index in [-0.39, 0.29) is 5.91 Å². The van der Waals surface area contributed by atoms with Crippen LogP contribution in [0.2, 0.25) is 5.02 Å². The molecule has 2 aromatic rings. The molecule has 1 fully saturated rings. The number of amides is 1. The second kappa shape index (κ2) is 6.68. The van der Waals surface area contributed by atoms with Crippen molar-refractivity contribution in [2.24, 2.45) is 0 Å². The number of rotatable bonds is 2. The van der Waals surface area contributed by atoms with Crippen LogP contribution in [-0.2, 0) is 16.8 Å². The summed E-state index contributed by atoms with van der Waals surface area (Å²) >= 11 is 7.33. The average molecular weight is 392 g/mol. The summed E-state index contributed by atoms with van der Waals surface area (Å²) < 4.78 is 6.13. The molecule has 1 N–H and O–H groups in total. The van der Waals surface area contributed by atoms with E-state index in [4.69, 9.17) is 16.3 Å². The fraction of sp³-hybridized carbons (Fsp3) is 0.368. The summed E-state index contributed by atoms with van der Waals surface area (Å²) in [5, 5.41) is 9.84. The molecule has 2 aliphatic heterocycles. The van der Waals surface area contributed by atoms with Gasteiger partial charge in [0.2, 0.25) is 0 Å². The second-order valence-electron chi connectivity index (χ2n) is 6.65. The number of nitrogens with zero attached hydrogens (tertiary/aromatic N) is 1. The highest BCUT2D eigenvalue weighted by Crippen LogP contribution is 2.44. The van der Waals surface area contributed by atoms with Crippen molar-refractivity contribution in [3.63, 3.8) is 0 Å². The first-order chi connectivity index (χ1) is 12.5. The van der Waals surface area contributed by atoms with Gasteiger partial charge in [-0.15, -0.1) is 11.3 Å². The van der Waals surface area contributed by atoms with E-state index in [1.807, 2.05) is 4.90 Å². The van der Waals surface area contributed by atoms with Gasteiger partial charge in [-0.1, -0.05) is 17.7 Å². The van der Waals surface area contributed by atoms with E-state index in [0.29, 0.717) is 48.0 Å². The van der Waals surface area contributed by atoms with Crippen LogP contribution < -0.4 is 0 Å². The van der Waals surface area contributed by atoms with Gasteiger partial charge in [0.25, 0.3) is 5.91 Å². The zero-order valence-electron chi connectivity index (χ0n) is 14.0. The van der Waals surface area contributed by atoms with Crippen LogP contribution in [0.4, 0.5) is 0 Å². The number of hydrogen-bond donors (Lipinski definition) is 1. The molecular formula is C19H18ClNO4S. The number of piperidine rings is 1. The van der Waals surface area contributed by atoms with Crippen molar-refractivity contribution < 1.29 is 19.4 Å². The van der Waals surface area contributed by atoms with Gasteiger partial charge in [0.05, 0.1) is 12.2 Å². The van der Waals surface area contributed by atoms with E-state index in [0.717, 1.165) is 16.9 Å². The lowest BCUT2D eigenvalue weighted by molar-refractivity contribution is -0.0926. The molecule has 136 valence electrons. The fourth-order valence-electron chi connectivity index (χ4n) is 3.81. The molecule has 1 aromatic carbocycles. The van der Waals surface area contributed by atoms with Gasteiger partial charge in [-0.05, 0) is 42.7 Å². The van der Waals surface area contributed by atoms with Crippen molar-refractivity contribution in [2.45, 2.75) is 24.9 Å². The van der Waals surface area contributed by atoms with E-state index < -0.39 is 11.6 Å². The number of carbonyl (C=O) groups is 2. The lowest BCUT2D eigenvalue weighted by Crippen LogP contribution is -2.48. The number of thiophene rings is 1. The summed E-state index contributed by atoms with van der Waals surface area (Å²) in [6.07, 6.45) is 2.09. The molecule has 0 radical (unpaired) electrons. The Labute approximate surface area is 160 Å². The van der Waals surface area contributed by atoms with Gasteiger partial charge in [-0.2, -0.15) is 0 Å². The van der Waals surface area contributed by atoms with Crippen molar-refractivity contribution in [1.82, 2.24) is 4.90 Å². The maximum Gasteiger partial charge on any atom is 0.345 e. The van der Waals surface area contributed by atoms with Crippen molar-refractivity contribution in [2.75, 3.05) is 19.7 Å². The highest BCUT2D eigenvalue weighted by atomic mass is 35.5. The highest BCUT2D eigenvalue weighted by molar-refractivity contribution is 7.14. The number of benzene rings is 1. The van der Waals surface area contributed by atoms with Crippen molar-refractivity contribution in [3.05, 3.63) is 56.2 Å². The minimum absolute atomic E-state index is 0.0325. The van der Waals surface area contributed by atoms with Gasteiger partial charge in [0.15, 0.2) is 0 Å². The summed E-state index contributed by atoms with van der Waals surface area (Å²) in [6, 6.07) is 8.73. The smallest absolute Gasteiger partial charge is 0.345 e.